The molecule has 0 atom stereocenters. The maximum absolute atomic E-state index is 6.25. The van der Waals surface area contributed by atoms with Crippen molar-refractivity contribution in [2.24, 2.45) is 0 Å². The SMILES string of the molecule is COc1cc(OC)c(N2Cc3ccc(N)cc3C2)cc1Cl. The minimum atomic E-state index is 0.573. The summed E-state index contributed by atoms with van der Waals surface area (Å²) in [4.78, 5) is 2.22. The highest BCUT2D eigenvalue weighted by atomic mass is 35.5. The van der Waals surface area contributed by atoms with Crippen molar-refractivity contribution in [2.75, 3.05) is 24.9 Å². The number of methoxy groups -OCH3 is 2. The van der Waals surface area contributed by atoms with Crippen molar-refractivity contribution in [3.05, 3.63) is 46.5 Å². The number of ether oxygens (including phenoxy) is 2. The van der Waals surface area contributed by atoms with Gasteiger partial charge in [0, 0.05) is 24.8 Å². The van der Waals surface area contributed by atoms with Crippen LogP contribution in [0.1, 0.15) is 11.1 Å². The van der Waals surface area contributed by atoms with Crippen LogP contribution in [0.5, 0.6) is 11.5 Å². The van der Waals surface area contributed by atoms with Crippen LogP contribution in [0.25, 0.3) is 0 Å². The number of nitrogen functional groups attached to an aromatic ring is 1. The second kappa shape index (κ2) is 5.37. The molecule has 1 aliphatic heterocycles. The average Bonchev–Trinajstić information content (AvgIpc) is 2.89. The fourth-order valence-corrected chi connectivity index (χ4v) is 2.91. The Labute approximate surface area is 129 Å². The summed E-state index contributed by atoms with van der Waals surface area (Å²) in [5, 5.41) is 0.573. The third kappa shape index (κ3) is 2.47. The highest BCUT2D eigenvalue weighted by Gasteiger charge is 2.23. The molecule has 0 fully saturated rings. The lowest BCUT2D eigenvalue weighted by atomic mass is 10.1. The summed E-state index contributed by atoms with van der Waals surface area (Å²) in [7, 11) is 3.24. The van der Waals surface area contributed by atoms with E-state index in [4.69, 9.17) is 26.8 Å². The number of nitrogens with zero attached hydrogens (tertiary/aromatic N) is 1. The Balaban J connectivity index is 1.97. The van der Waals surface area contributed by atoms with Crippen LogP contribution in [-0.4, -0.2) is 14.2 Å². The molecule has 2 aromatic rings. The van der Waals surface area contributed by atoms with E-state index in [1.165, 1.54) is 11.1 Å². The predicted octanol–water partition coefficient (Wildman–Crippen LogP) is 3.46. The summed E-state index contributed by atoms with van der Waals surface area (Å²) in [6.07, 6.45) is 0. The number of halogens is 1. The number of nitrogens with two attached hydrogens (primary N) is 1. The molecule has 0 amide bonds. The first-order chi connectivity index (χ1) is 10.1. The molecule has 0 saturated heterocycles. The Morgan fingerprint density at radius 3 is 2.43 bits per heavy atom. The van der Waals surface area contributed by atoms with Gasteiger partial charge >= 0.3 is 0 Å². The normalized spacial score (nSPS) is 13.2. The molecule has 110 valence electrons. The van der Waals surface area contributed by atoms with E-state index >= 15 is 0 Å². The van der Waals surface area contributed by atoms with Crippen LogP contribution in [0, 0.1) is 0 Å². The quantitative estimate of drug-likeness (QED) is 0.882. The molecule has 5 heteroatoms. The first kappa shape index (κ1) is 13.9. The van der Waals surface area contributed by atoms with Gasteiger partial charge in [0.2, 0.25) is 0 Å². The fraction of sp³-hybridized carbons (Fsp3) is 0.250. The van der Waals surface area contributed by atoms with Crippen LogP contribution in [0.2, 0.25) is 5.02 Å². The second-order valence-corrected chi connectivity index (χ2v) is 5.45. The summed E-state index contributed by atoms with van der Waals surface area (Å²) in [5.74, 6) is 1.36. The van der Waals surface area contributed by atoms with Crippen LogP contribution < -0.4 is 20.1 Å². The van der Waals surface area contributed by atoms with E-state index in [0.717, 1.165) is 30.2 Å². The van der Waals surface area contributed by atoms with E-state index in [2.05, 4.69) is 11.0 Å². The fourth-order valence-electron chi connectivity index (χ4n) is 2.68. The average molecular weight is 305 g/mol. The van der Waals surface area contributed by atoms with Crippen LogP contribution in [0.4, 0.5) is 11.4 Å². The third-order valence-corrected chi connectivity index (χ3v) is 4.04. The Bertz CT molecular complexity index is 688. The van der Waals surface area contributed by atoms with Crippen molar-refractivity contribution >= 4 is 23.0 Å². The van der Waals surface area contributed by atoms with Gasteiger partial charge < -0.3 is 20.1 Å². The maximum Gasteiger partial charge on any atom is 0.145 e. The predicted molar refractivity (Wildman–Crippen MR) is 85.3 cm³/mol. The Morgan fingerprint density at radius 2 is 1.71 bits per heavy atom. The van der Waals surface area contributed by atoms with Crippen molar-refractivity contribution in [3.63, 3.8) is 0 Å². The van der Waals surface area contributed by atoms with Crippen LogP contribution in [0.3, 0.4) is 0 Å². The Kier molecular flexibility index (Phi) is 3.55. The Morgan fingerprint density at radius 1 is 1.00 bits per heavy atom. The number of hydrogen-bond acceptors (Lipinski definition) is 4. The summed E-state index contributed by atoms with van der Waals surface area (Å²) in [5.41, 5.74) is 10.1. The van der Waals surface area contributed by atoms with Gasteiger partial charge in [0.1, 0.15) is 11.5 Å². The number of anilines is 2. The van der Waals surface area contributed by atoms with E-state index in [1.54, 1.807) is 14.2 Å². The minimum Gasteiger partial charge on any atom is -0.495 e. The maximum atomic E-state index is 6.25. The molecular weight excluding hydrogens is 288 g/mol. The molecule has 1 aliphatic rings. The van der Waals surface area contributed by atoms with Crippen LogP contribution in [0.15, 0.2) is 30.3 Å². The van der Waals surface area contributed by atoms with E-state index < -0.39 is 0 Å². The number of fused-ring (bicyclic) bond motifs is 1. The third-order valence-electron chi connectivity index (χ3n) is 3.75. The molecule has 0 bridgehead atoms. The zero-order valence-electron chi connectivity index (χ0n) is 12.0. The molecule has 1 heterocycles. The van der Waals surface area contributed by atoms with Gasteiger partial charge in [-0.1, -0.05) is 17.7 Å². The summed E-state index contributed by atoms with van der Waals surface area (Å²) in [6, 6.07) is 9.72. The van der Waals surface area contributed by atoms with Crippen molar-refractivity contribution in [3.8, 4) is 11.5 Å². The monoisotopic (exact) mass is 304 g/mol. The summed E-state index contributed by atoms with van der Waals surface area (Å²) >= 11 is 6.25. The minimum absolute atomic E-state index is 0.573. The highest BCUT2D eigenvalue weighted by molar-refractivity contribution is 6.32. The zero-order valence-corrected chi connectivity index (χ0v) is 12.8. The van der Waals surface area contributed by atoms with Gasteiger partial charge in [0.05, 0.1) is 24.9 Å². The van der Waals surface area contributed by atoms with Gasteiger partial charge in [-0.15, -0.1) is 0 Å². The van der Waals surface area contributed by atoms with Crippen molar-refractivity contribution in [2.45, 2.75) is 13.1 Å². The standard InChI is InChI=1S/C16H17ClN2O2/c1-20-15-7-16(21-2)14(6-13(15)17)19-8-10-3-4-12(18)5-11(10)9-19/h3-7H,8-9,18H2,1-2H3. The number of rotatable bonds is 3. The topological polar surface area (TPSA) is 47.7 Å². The highest BCUT2D eigenvalue weighted by Crippen LogP contribution is 2.41. The molecule has 21 heavy (non-hydrogen) atoms. The van der Waals surface area contributed by atoms with E-state index in [9.17, 15) is 0 Å². The summed E-state index contributed by atoms with van der Waals surface area (Å²) in [6.45, 7) is 1.61. The molecule has 2 N–H and O–H groups in total. The second-order valence-electron chi connectivity index (χ2n) is 5.04. The van der Waals surface area contributed by atoms with Gasteiger partial charge in [-0.05, 0) is 29.3 Å². The molecule has 0 radical (unpaired) electrons. The molecular formula is C16H17ClN2O2. The largest absolute Gasteiger partial charge is 0.495 e. The van der Waals surface area contributed by atoms with Crippen molar-refractivity contribution in [1.29, 1.82) is 0 Å². The number of benzene rings is 2. The van der Waals surface area contributed by atoms with Gasteiger partial charge in [-0.25, -0.2) is 0 Å². The molecule has 0 spiro atoms. The lowest BCUT2D eigenvalue weighted by Gasteiger charge is -2.21. The molecule has 4 nitrogen and oxygen atoms in total. The first-order valence-electron chi connectivity index (χ1n) is 6.66. The molecule has 0 saturated carbocycles. The van der Waals surface area contributed by atoms with E-state index in [-0.39, 0.29) is 0 Å². The molecule has 0 aromatic heterocycles. The van der Waals surface area contributed by atoms with Gasteiger partial charge in [0.15, 0.2) is 0 Å². The van der Waals surface area contributed by atoms with Gasteiger partial charge in [-0.3, -0.25) is 0 Å². The van der Waals surface area contributed by atoms with Crippen LogP contribution in [-0.2, 0) is 13.1 Å². The first-order valence-corrected chi connectivity index (χ1v) is 7.04. The molecule has 0 aliphatic carbocycles. The molecule has 3 rings (SSSR count). The molecule has 0 unspecified atom stereocenters. The van der Waals surface area contributed by atoms with E-state index in [0.29, 0.717) is 10.8 Å². The number of hydrogen-bond donors (Lipinski definition) is 1. The lowest BCUT2D eigenvalue weighted by molar-refractivity contribution is 0.394. The molecule has 2 aromatic carbocycles. The van der Waals surface area contributed by atoms with Crippen molar-refractivity contribution < 1.29 is 9.47 Å². The van der Waals surface area contributed by atoms with Gasteiger partial charge in [-0.2, -0.15) is 0 Å². The van der Waals surface area contributed by atoms with Crippen LogP contribution >= 0.6 is 11.6 Å². The summed E-state index contributed by atoms with van der Waals surface area (Å²) < 4.78 is 10.7. The van der Waals surface area contributed by atoms with Gasteiger partial charge in [0.25, 0.3) is 0 Å². The van der Waals surface area contributed by atoms with Crippen molar-refractivity contribution in [1.82, 2.24) is 0 Å². The Hall–Kier alpha value is -2.07. The van der Waals surface area contributed by atoms with E-state index in [1.807, 2.05) is 24.3 Å². The smallest absolute Gasteiger partial charge is 0.145 e. The zero-order chi connectivity index (χ0) is 15.0. The lowest BCUT2D eigenvalue weighted by Crippen LogP contribution is -2.15.